The number of nitrogens with zero attached hydrogens (tertiary/aromatic N) is 1. The van der Waals surface area contributed by atoms with Crippen LogP contribution in [0.4, 0.5) is 10.1 Å². The van der Waals surface area contributed by atoms with Crippen LogP contribution in [0.15, 0.2) is 18.2 Å². The predicted octanol–water partition coefficient (Wildman–Crippen LogP) is 0.511. The number of rotatable bonds is 4. The fraction of sp³-hybridized carbons (Fsp3) is 0.429. The summed E-state index contributed by atoms with van der Waals surface area (Å²) < 4.78 is 43.7. The van der Waals surface area contributed by atoms with E-state index in [1.807, 2.05) is 0 Å². The number of carbonyl (C=O) groups excluding carboxylic acids is 1. The summed E-state index contributed by atoms with van der Waals surface area (Å²) in [6.07, 6.45) is -0.816. The number of aliphatic carboxylic acids is 1. The Balaban J connectivity index is 2.34. The molecule has 10 heteroatoms. The Labute approximate surface area is 138 Å². The molecule has 2 N–H and O–H groups in total. The van der Waals surface area contributed by atoms with Crippen molar-refractivity contribution in [2.75, 3.05) is 24.1 Å². The third-order valence-corrected chi connectivity index (χ3v) is 3.92. The first-order chi connectivity index (χ1) is 11.1. The molecule has 1 aromatic rings. The average Bonchev–Trinajstić information content (AvgIpc) is 2.46. The van der Waals surface area contributed by atoms with Crippen LogP contribution in [0.2, 0.25) is 0 Å². The molecule has 1 unspecified atom stereocenters. The molecule has 0 spiro atoms. The van der Waals surface area contributed by atoms with E-state index in [-0.39, 0.29) is 24.3 Å². The van der Waals surface area contributed by atoms with Gasteiger partial charge in [-0.25, -0.2) is 17.6 Å². The van der Waals surface area contributed by atoms with Crippen molar-refractivity contribution in [2.45, 2.75) is 19.1 Å². The maximum atomic E-state index is 13.5. The topological polar surface area (TPSA) is 113 Å². The van der Waals surface area contributed by atoms with Crippen molar-refractivity contribution >= 4 is 27.6 Å². The van der Waals surface area contributed by atoms with E-state index in [0.29, 0.717) is 0 Å². The highest BCUT2D eigenvalue weighted by Gasteiger charge is 2.34. The van der Waals surface area contributed by atoms with Crippen LogP contribution < -0.4 is 4.72 Å². The van der Waals surface area contributed by atoms with Crippen LogP contribution in [0.1, 0.15) is 17.3 Å². The molecule has 1 aromatic carbocycles. The summed E-state index contributed by atoms with van der Waals surface area (Å²) in [6.45, 7) is 1.50. The zero-order valence-electron chi connectivity index (χ0n) is 13.0. The van der Waals surface area contributed by atoms with Gasteiger partial charge in [-0.05, 0) is 25.1 Å². The summed E-state index contributed by atoms with van der Waals surface area (Å²) in [4.78, 5) is 25.0. The molecule has 0 radical (unpaired) electrons. The molecular formula is C14H17FN2O6S. The molecule has 1 saturated heterocycles. The predicted molar refractivity (Wildman–Crippen MR) is 82.7 cm³/mol. The molecule has 1 aliphatic rings. The molecule has 0 aromatic heterocycles. The van der Waals surface area contributed by atoms with Crippen molar-refractivity contribution < 1.29 is 32.2 Å². The van der Waals surface area contributed by atoms with Crippen LogP contribution >= 0.6 is 0 Å². The summed E-state index contributed by atoms with van der Waals surface area (Å²) in [7, 11) is -3.67. The van der Waals surface area contributed by atoms with Crippen molar-refractivity contribution in [2.24, 2.45) is 0 Å². The first kappa shape index (κ1) is 18.1. The lowest BCUT2D eigenvalue weighted by atomic mass is 10.1. The van der Waals surface area contributed by atoms with Crippen LogP contribution in [0.3, 0.4) is 0 Å². The second-order valence-corrected chi connectivity index (χ2v) is 7.30. The molecule has 8 nitrogen and oxygen atoms in total. The lowest BCUT2D eigenvalue weighted by Gasteiger charge is -2.35. The van der Waals surface area contributed by atoms with Crippen LogP contribution in [-0.4, -0.2) is 61.9 Å². The normalized spacial score (nSPS) is 21.4. The van der Waals surface area contributed by atoms with Crippen LogP contribution in [-0.2, 0) is 19.6 Å². The molecule has 0 saturated carbocycles. The molecular weight excluding hydrogens is 343 g/mol. The Kier molecular flexibility index (Phi) is 5.09. The number of morpholine rings is 1. The minimum Gasteiger partial charge on any atom is -0.479 e. The number of ether oxygens (including phenoxy) is 1. The molecule has 132 valence electrons. The molecule has 0 aliphatic carbocycles. The Morgan fingerprint density at radius 3 is 2.62 bits per heavy atom. The van der Waals surface area contributed by atoms with Crippen molar-refractivity contribution in [3.05, 3.63) is 29.6 Å². The van der Waals surface area contributed by atoms with Crippen LogP contribution in [0.25, 0.3) is 0 Å². The number of nitrogens with one attached hydrogen (secondary N) is 1. The molecule has 24 heavy (non-hydrogen) atoms. The molecule has 0 bridgehead atoms. The van der Waals surface area contributed by atoms with E-state index in [9.17, 15) is 22.4 Å². The Morgan fingerprint density at radius 2 is 2.04 bits per heavy atom. The summed E-state index contributed by atoms with van der Waals surface area (Å²) in [5.41, 5.74) is -0.270. The van der Waals surface area contributed by atoms with Crippen molar-refractivity contribution in [3.63, 3.8) is 0 Å². The maximum absolute atomic E-state index is 13.5. The van der Waals surface area contributed by atoms with Gasteiger partial charge in [-0.15, -0.1) is 0 Å². The Hall–Kier alpha value is -2.20. The monoisotopic (exact) mass is 360 g/mol. The van der Waals surface area contributed by atoms with Gasteiger partial charge in [-0.2, -0.15) is 0 Å². The highest BCUT2D eigenvalue weighted by atomic mass is 32.2. The molecule has 2 rings (SSSR count). The summed E-state index contributed by atoms with van der Waals surface area (Å²) >= 11 is 0. The first-order valence-electron chi connectivity index (χ1n) is 7.01. The highest BCUT2D eigenvalue weighted by molar-refractivity contribution is 7.92. The van der Waals surface area contributed by atoms with Gasteiger partial charge in [0.15, 0.2) is 6.10 Å². The van der Waals surface area contributed by atoms with Crippen molar-refractivity contribution in [1.82, 2.24) is 4.90 Å². The van der Waals surface area contributed by atoms with E-state index in [1.54, 1.807) is 6.92 Å². The molecule has 1 aliphatic heterocycles. The number of amides is 1. The fourth-order valence-electron chi connectivity index (χ4n) is 2.41. The van der Waals surface area contributed by atoms with Crippen molar-refractivity contribution in [3.8, 4) is 0 Å². The number of hydrogen-bond donors (Lipinski definition) is 2. The number of carboxylic acid groups (broad SMARTS) is 1. The lowest BCUT2D eigenvalue weighted by Crippen LogP contribution is -2.51. The number of halogens is 1. The Bertz CT molecular complexity index is 767. The van der Waals surface area contributed by atoms with Gasteiger partial charge in [0, 0.05) is 6.54 Å². The molecule has 2 atom stereocenters. The minimum absolute atomic E-state index is 0.0741. The lowest BCUT2D eigenvalue weighted by molar-refractivity contribution is -0.160. The maximum Gasteiger partial charge on any atom is 0.334 e. The first-order valence-corrected chi connectivity index (χ1v) is 8.91. The molecule has 1 amide bonds. The van der Waals surface area contributed by atoms with Crippen LogP contribution in [0.5, 0.6) is 0 Å². The smallest absolute Gasteiger partial charge is 0.334 e. The number of carboxylic acids is 1. The van der Waals surface area contributed by atoms with E-state index in [2.05, 4.69) is 4.72 Å². The minimum atomic E-state index is -3.67. The van der Waals surface area contributed by atoms with Crippen LogP contribution in [0, 0.1) is 5.82 Å². The van der Waals surface area contributed by atoms with Gasteiger partial charge in [0.1, 0.15) is 5.82 Å². The fourth-order valence-corrected chi connectivity index (χ4v) is 2.98. The van der Waals surface area contributed by atoms with Crippen molar-refractivity contribution in [1.29, 1.82) is 0 Å². The van der Waals surface area contributed by atoms with Gasteiger partial charge in [-0.1, -0.05) is 0 Å². The highest BCUT2D eigenvalue weighted by Crippen LogP contribution is 2.22. The van der Waals surface area contributed by atoms with E-state index in [1.165, 1.54) is 4.90 Å². The molecule has 1 fully saturated rings. The van der Waals surface area contributed by atoms with Gasteiger partial charge in [0.2, 0.25) is 10.0 Å². The second-order valence-electron chi connectivity index (χ2n) is 5.55. The zero-order valence-corrected chi connectivity index (χ0v) is 13.8. The average molecular weight is 360 g/mol. The van der Waals surface area contributed by atoms with E-state index < -0.39 is 39.9 Å². The van der Waals surface area contributed by atoms with E-state index >= 15 is 0 Å². The quantitative estimate of drug-likeness (QED) is 0.809. The number of hydrogen-bond acceptors (Lipinski definition) is 5. The standard InChI is InChI=1S/C14H17FN2O6S/c1-8-6-17(7-12(23-8)14(19)20)13(18)10-5-9(15)3-4-11(10)16-24(2,21)22/h3-5,8,12,16H,6-7H2,1-2H3,(H,19,20)/t8-,12?/m1/s1. The molecule has 1 heterocycles. The number of sulfonamides is 1. The van der Waals surface area contributed by atoms with Gasteiger partial charge in [0.05, 0.1) is 30.2 Å². The summed E-state index contributed by atoms with van der Waals surface area (Å²) in [5, 5.41) is 9.06. The van der Waals surface area contributed by atoms with Gasteiger partial charge in [0.25, 0.3) is 5.91 Å². The second kappa shape index (κ2) is 6.73. The third-order valence-electron chi connectivity index (χ3n) is 3.33. The summed E-state index contributed by atoms with van der Waals surface area (Å²) in [6, 6.07) is 3.07. The number of anilines is 1. The van der Waals surface area contributed by atoms with E-state index in [0.717, 1.165) is 24.5 Å². The third kappa shape index (κ3) is 4.42. The zero-order chi connectivity index (χ0) is 18.1. The number of carbonyl (C=O) groups is 2. The SMILES string of the molecule is C[C@@H]1CN(C(=O)c2cc(F)ccc2NS(C)(=O)=O)CC(C(=O)O)O1. The van der Waals surface area contributed by atoms with Gasteiger partial charge >= 0.3 is 5.97 Å². The Morgan fingerprint density at radius 1 is 1.38 bits per heavy atom. The van der Waals surface area contributed by atoms with E-state index in [4.69, 9.17) is 9.84 Å². The van der Waals surface area contributed by atoms with Gasteiger partial charge < -0.3 is 14.7 Å². The number of benzene rings is 1. The largest absolute Gasteiger partial charge is 0.479 e. The summed E-state index contributed by atoms with van der Waals surface area (Å²) in [5.74, 6) is -2.61. The van der Waals surface area contributed by atoms with Gasteiger partial charge in [-0.3, -0.25) is 9.52 Å².